The quantitative estimate of drug-likeness (QED) is 0.667. The maximum atomic E-state index is 5.60. The normalized spacial score (nSPS) is 13.3. The highest BCUT2D eigenvalue weighted by Crippen LogP contribution is 2.17. The Morgan fingerprint density at radius 3 is 2.07 bits per heavy atom. The molecule has 0 aromatic carbocycles. The van der Waals surface area contributed by atoms with Crippen molar-refractivity contribution >= 4 is 0 Å². The number of hydrogen-bond acceptors (Lipinski definition) is 2. The van der Waals surface area contributed by atoms with E-state index in [0.717, 1.165) is 19.7 Å². The van der Waals surface area contributed by atoms with Crippen LogP contribution in [0, 0.1) is 5.41 Å². The zero-order valence-corrected chi connectivity index (χ0v) is 10.7. The van der Waals surface area contributed by atoms with Crippen LogP contribution in [-0.2, 0) is 4.74 Å². The first-order valence-electron chi connectivity index (χ1n) is 5.61. The predicted molar refractivity (Wildman–Crippen MR) is 62.6 cm³/mol. The summed E-state index contributed by atoms with van der Waals surface area (Å²) in [5.74, 6) is 0. The number of hydrogen-bond donors (Lipinski definition) is 1. The van der Waals surface area contributed by atoms with Crippen molar-refractivity contribution < 1.29 is 4.74 Å². The Morgan fingerprint density at radius 2 is 1.64 bits per heavy atom. The Balaban J connectivity index is 3.54. The summed E-state index contributed by atoms with van der Waals surface area (Å²) in [5.41, 5.74) is 0.384. The lowest BCUT2D eigenvalue weighted by Gasteiger charge is -2.26. The molecule has 0 radical (unpaired) electrons. The molecule has 0 aliphatic rings. The minimum atomic E-state index is -0.0351. The molecule has 86 valence electrons. The smallest absolute Gasteiger partial charge is 0.0750 e. The van der Waals surface area contributed by atoms with Gasteiger partial charge in [0.1, 0.15) is 0 Å². The summed E-state index contributed by atoms with van der Waals surface area (Å²) in [6.07, 6.45) is 1.20. The zero-order valence-electron chi connectivity index (χ0n) is 10.7. The largest absolute Gasteiger partial charge is 0.375 e. The van der Waals surface area contributed by atoms with Crippen LogP contribution in [0.2, 0.25) is 0 Å². The molecule has 0 aromatic heterocycles. The molecule has 0 aromatic rings. The topological polar surface area (TPSA) is 21.3 Å². The fraction of sp³-hybridized carbons (Fsp3) is 1.00. The number of nitrogens with one attached hydrogen (secondary N) is 1. The fourth-order valence-corrected chi connectivity index (χ4v) is 1.29. The van der Waals surface area contributed by atoms with Crippen LogP contribution in [0.5, 0.6) is 0 Å². The van der Waals surface area contributed by atoms with E-state index in [9.17, 15) is 0 Å². The summed E-state index contributed by atoms with van der Waals surface area (Å²) in [4.78, 5) is 0. The third-order valence-corrected chi connectivity index (χ3v) is 2.14. The van der Waals surface area contributed by atoms with E-state index < -0.39 is 0 Å². The van der Waals surface area contributed by atoms with Gasteiger partial charge in [-0.25, -0.2) is 0 Å². The van der Waals surface area contributed by atoms with E-state index in [-0.39, 0.29) is 5.60 Å². The lowest BCUT2D eigenvalue weighted by atomic mass is 9.92. The predicted octanol–water partition coefficient (Wildman–Crippen LogP) is 2.83. The molecule has 0 heterocycles. The second-order valence-electron chi connectivity index (χ2n) is 5.68. The Kier molecular flexibility index (Phi) is 5.68. The van der Waals surface area contributed by atoms with Crippen molar-refractivity contribution in [2.24, 2.45) is 5.41 Å². The molecular weight excluding hydrogens is 174 g/mol. The molecule has 0 aliphatic carbocycles. The van der Waals surface area contributed by atoms with Crippen molar-refractivity contribution in [1.82, 2.24) is 5.32 Å². The van der Waals surface area contributed by atoms with Crippen LogP contribution in [0.15, 0.2) is 0 Å². The van der Waals surface area contributed by atoms with Crippen LogP contribution in [0.25, 0.3) is 0 Å². The highest BCUT2D eigenvalue weighted by atomic mass is 16.5. The van der Waals surface area contributed by atoms with Crippen molar-refractivity contribution in [2.75, 3.05) is 19.7 Å². The van der Waals surface area contributed by atoms with Gasteiger partial charge < -0.3 is 10.1 Å². The molecule has 0 saturated carbocycles. The molecule has 0 rings (SSSR count). The maximum Gasteiger partial charge on any atom is 0.0750 e. The molecule has 2 heteroatoms. The Bertz CT molecular complexity index is 147. The average Bonchev–Trinajstić information content (AvgIpc) is 1.96. The Morgan fingerprint density at radius 1 is 1.07 bits per heavy atom. The summed E-state index contributed by atoms with van der Waals surface area (Å²) in [7, 11) is 0. The second-order valence-corrected chi connectivity index (χ2v) is 5.68. The van der Waals surface area contributed by atoms with Crippen molar-refractivity contribution in [3.63, 3.8) is 0 Å². The fourth-order valence-electron chi connectivity index (χ4n) is 1.29. The van der Waals surface area contributed by atoms with Crippen LogP contribution in [0.4, 0.5) is 0 Å². The van der Waals surface area contributed by atoms with Crippen LogP contribution >= 0.6 is 0 Å². The van der Waals surface area contributed by atoms with Gasteiger partial charge >= 0.3 is 0 Å². The zero-order chi connectivity index (χ0) is 11.2. The van der Waals surface area contributed by atoms with Gasteiger partial charge in [0.2, 0.25) is 0 Å². The third kappa shape index (κ3) is 8.52. The van der Waals surface area contributed by atoms with Gasteiger partial charge in [-0.05, 0) is 39.2 Å². The second kappa shape index (κ2) is 5.72. The van der Waals surface area contributed by atoms with Gasteiger partial charge in [-0.2, -0.15) is 0 Å². The maximum absolute atomic E-state index is 5.60. The van der Waals surface area contributed by atoms with Gasteiger partial charge in [-0.1, -0.05) is 20.8 Å². The highest BCUT2D eigenvalue weighted by Gasteiger charge is 2.17. The van der Waals surface area contributed by atoms with E-state index in [1.165, 1.54) is 6.42 Å². The Hall–Kier alpha value is -0.0800. The molecule has 0 fully saturated rings. The SMILES string of the molecule is CCOC(C)(C)CNCCC(C)(C)C. The van der Waals surface area contributed by atoms with Crippen LogP contribution in [0.1, 0.15) is 48.0 Å². The summed E-state index contributed by atoms with van der Waals surface area (Å²) < 4.78 is 5.60. The molecule has 14 heavy (non-hydrogen) atoms. The molecule has 2 nitrogen and oxygen atoms in total. The van der Waals surface area contributed by atoms with E-state index in [1.807, 2.05) is 6.92 Å². The van der Waals surface area contributed by atoms with Crippen LogP contribution in [0.3, 0.4) is 0 Å². The van der Waals surface area contributed by atoms with Crippen molar-refractivity contribution in [3.05, 3.63) is 0 Å². The summed E-state index contributed by atoms with van der Waals surface area (Å²) in [6, 6.07) is 0. The van der Waals surface area contributed by atoms with Gasteiger partial charge in [-0.15, -0.1) is 0 Å². The van der Waals surface area contributed by atoms with Crippen LogP contribution in [-0.4, -0.2) is 25.3 Å². The van der Waals surface area contributed by atoms with Gasteiger partial charge in [0.25, 0.3) is 0 Å². The van der Waals surface area contributed by atoms with Gasteiger partial charge in [0, 0.05) is 13.2 Å². The number of ether oxygens (including phenoxy) is 1. The van der Waals surface area contributed by atoms with Crippen molar-refractivity contribution in [2.45, 2.75) is 53.6 Å². The summed E-state index contributed by atoms with van der Waals surface area (Å²) in [5, 5.41) is 3.44. The minimum Gasteiger partial charge on any atom is -0.375 e. The minimum absolute atomic E-state index is 0.0351. The molecule has 0 spiro atoms. The molecule has 0 bridgehead atoms. The van der Waals surface area contributed by atoms with E-state index in [1.54, 1.807) is 0 Å². The van der Waals surface area contributed by atoms with E-state index in [0.29, 0.717) is 5.41 Å². The first kappa shape index (κ1) is 13.9. The Labute approximate surface area is 89.4 Å². The van der Waals surface area contributed by atoms with Crippen molar-refractivity contribution in [3.8, 4) is 0 Å². The van der Waals surface area contributed by atoms with Gasteiger partial charge in [0.15, 0.2) is 0 Å². The molecule has 1 N–H and O–H groups in total. The molecular formula is C12H27NO. The summed E-state index contributed by atoms with van der Waals surface area (Å²) >= 11 is 0. The average molecular weight is 201 g/mol. The number of rotatable bonds is 6. The van der Waals surface area contributed by atoms with E-state index in [4.69, 9.17) is 4.74 Å². The van der Waals surface area contributed by atoms with Crippen LogP contribution < -0.4 is 5.32 Å². The van der Waals surface area contributed by atoms with Crippen molar-refractivity contribution in [1.29, 1.82) is 0 Å². The molecule has 0 unspecified atom stereocenters. The van der Waals surface area contributed by atoms with Gasteiger partial charge in [0.05, 0.1) is 5.60 Å². The first-order chi connectivity index (χ1) is 6.27. The lowest BCUT2D eigenvalue weighted by molar-refractivity contribution is -0.00899. The molecule has 0 saturated heterocycles. The highest BCUT2D eigenvalue weighted by molar-refractivity contribution is 4.72. The van der Waals surface area contributed by atoms with Gasteiger partial charge in [-0.3, -0.25) is 0 Å². The third-order valence-electron chi connectivity index (χ3n) is 2.14. The summed E-state index contributed by atoms with van der Waals surface area (Å²) in [6.45, 7) is 15.9. The first-order valence-corrected chi connectivity index (χ1v) is 5.61. The monoisotopic (exact) mass is 201 g/mol. The van der Waals surface area contributed by atoms with E-state index in [2.05, 4.69) is 39.9 Å². The van der Waals surface area contributed by atoms with E-state index >= 15 is 0 Å². The lowest BCUT2D eigenvalue weighted by Crippen LogP contribution is -2.38. The molecule has 0 aliphatic heterocycles. The molecule has 0 atom stereocenters. The molecule has 0 amide bonds. The standard InChI is InChI=1S/C12H27NO/c1-7-14-12(5,6)10-13-9-8-11(2,3)4/h13H,7-10H2,1-6H3.